The lowest BCUT2D eigenvalue weighted by Gasteiger charge is -2.40. The summed E-state index contributed by atoms with van der Waals surface area (Å²) in [4.78, 5) is 1.81. The van der Waals surface area contributed by atoms with Crippen molar-refractivity contribution in [2.75, 3.05) is 44.7 Å². The number of benzene rings is 2. The molecule has 12 nitrogen and oxygen atoms in total. The minimum absolute atomic E-state index is 0.181. The molecule has 2 aromatic carbocycles. The molecule has 3 heterocycles. The van der Waals surface area contributed by atoms with E-state index < -0.39 is 45.6 Å². The maximum absolute atomic E-state index is 13.3. The largest absolute Gasteiger partial charge is 0.388 e. The van der Waals surface area contributed by atoms with E-state index in [1.54, 1.807) is 26.1 Å². The first-order chi connectivity index (χ1) is 21.5. The molecule has 13 heteroatoms. The van der Waals surface area contributed by atoms with Crippen LogP contribution in [0, 0.1) is 11.3 Å². The maximum Gasteiger partial charge on any atom is 0.251 e. The minimum atomic E-state index is -4.52. The van der Waals surface area contributed by atoms with Crippen molar-refractivity contribution in [3.63, 3.8) is 0 Å². The molecule has 0 bridgehead atoms. The molecular weight excluding hydrogens is 598 g/mol. The summed E-state index contributed by atoms with van der Waals surface area (Å²) >= 11 is 0. The van der Waals surface area contributed by atoms with Gasteiger partial charge in [-0.2, -0.15) is 9.98 Å². The first-order valence-electron chi connectivity index (χ1n) is 15.1. The normalized spacial score (nSPS) is 25.1. The van der Waals surface area contributed by atoms with Crippen molar-refractivity contribution in [3.8, 4) is 17.3 Å². The van der Waals surface area contributed by atoms with Gasteiger partial charge in [-0.3, -0.25) is 4.90 Å². The molecule has 0 amide bonds. The Labute approximate surface area is 263 Å². The summed E-state index contributed by atoms with van der Waals surface area (Å²) in [5.74, 6) is 0. The number of nitrogens with zero attached hydrogens (tertiary/aromatic N) is 3. The molecule has 5 atom stereocenters. The summed E-state index contributed by atoms with van der Waals surface area (Å²) in [6, 6.07) is 16.2. The summed E-state index contributed by atoms with van der Waals surface area (Å²) in [7, 11) is -2.73. The number of nitriles is 1. The second kappa shape index (κ2) is 14.0. The lowest BCUT2D eigenvalue weighted by molar-refractivity contribution is -0.244. The fraction of sp³-hybridized carbons (Fsp3) is 0.469. The molecule has 3 aromatic rings. The number of allylic oxidation sites excluding steroid dienone is 2. The Kier molecular flexibility index (Phi) is 10.3. The van der Waals surface area contributed by atoms with Crippen molar-refractivity contribution in [2.24, 2.45) is 7.05 Å². The minimum Gasteiger partial charge on any atom is -0.388 e. The number of hydrogen-bond acceptors (Lipinski definition) is 10. The van der Waals surface area contributed by atoms with Crippen LogP contribution in [0.15, 0.2) is 53.4 Å². The summed E-state index contributed by atoms with van der Waals surface area (Å²) < 4.78 is 41.3. The van der Waals surface area contributed by atoms with Crippen molar-refractivity contribution in [1.82, 2.24) is 14.2 Å². The summed E-state index contributed by atoms with van der Waals surface area (Å²) in [6.07, 6.45) is -5.31. The first-order valence-corrected chi connectivity index (χ1v) is 16.6. The molecule has 242 valence electrons. The molecule has 0 saturated carbocycles. The molecule has 0 radical (unpaired) electrons. The van der Waals surface area contributed by atoms with E-state index in [0.717, 1.165) is 67.1 Å². The fourth-order valence-electron chi connectivity index (χ4n) is 5.99. The van der Waals surface area contributed by atoms with Gasteiger partial charge in [-0.1, -0.05) is 25.1 Å². The molecule has 2 saturated heterocycles. The van der Waals surface area contributed by atoms with Crippen LogP contribution >= 0.6 is 0 Å². The molecule has 1 aromatic heterocycles. The van der Waals surface area contributed by atoms with Crippen molar-refractivity contribution < 1.29 is 33.2 Å². The predicted molar refractivity (Wildman–Crippen MR) is 171 cm³/mol. The first kappa shape index (κ1) is 33.1. The predicted octanol–water partition coefficient (Wildman–Crippen LogP) is 1.98. The number of anilines is 1. The molecule has 5 N–H and O–H groups in total. The van der Waals surface area contributed by atoms with E-state index in [0.29, 0.717) is 12.1 Å². The van der Waals surface area contributed by atoms with Crippen LogP contribution in [-0.2, 0) is 26.5 Å². The van der Waals surface area contributed by atoms with Crippen LogP contribution in [0.2, 0.25) is 0 Å². The van der Waals surface area contributed by atoms with E-state index in [-0.39, 0.29) is 5.57 Å². The van der Waals surface area contributed by atoms with Gasteiger partial charge in [0.05, 0.1) is 19.3 Å². The monoisotopic (exact) mass is 639 g/mol. The number of morpholine rings is 1. The van der Waals surface area contributed by atoms with Gasteiger partial charge in [-0.15, -0.1) is 0 Å². The van der Waals surface area contributed by atoms with E-state index in [2.05, 4.69) is 39.2 Å². The quantitative estimate of drug-likeness (QED) is 0.207. The van der Waals surface area contributed by atoms with Crippen molar-refractivity contribution in [3.05, 3.63) is 59.1 Å². The number of aliphatic hydroxyl groups is 3. The van der Waals surface area contributed by atoms with Crippen molar-refractivity contribution in [1.29, 1.82) is 5.26 Å². The van der Waals surface area contributed by atoms with Gasteiger partial charge in [-0.05, 0) is 60.0 Å². The topological polar surface area (TPSA) is 169 Å². The molecule has 45 heavy (non-hydrogen) atoms. The molecular formula is C32H41N5O7S. The standard InChI is InChI=1S/C32H41N5O7S/c1-4-27-30(38)31(39)29(32(40)44-27)35-45(41,42)28(19-33)20(2)25-9-10-26(36(25)3)23-6-5-22-18-24(8-7-21(22)17-23)34-11-12-37-13-15-43-16-14-37/h5-10,17-18,27,29-32,34-35,38-40H,4,11-16H2,1-3H3/b28-20+/t27-,29?,30-,31-,32?/m1/s1. The zero-order chi connectivity index (χ0) is 32.3. The SMILES string of the molecule is CC[C@H]1OC(O)C(NS(=O)(=O)/C(C#N)=C(\C)c2ccc(-c3ccc4cc(NCCN5CCOCC5)ccc4c3)n2C)[C@@H](O)[C@@H]1O. The highest BCUT2D eigenvalue weighted by atomic mass is 32.2. The molecule has 0 aliphatic carbocycles. The van der Waals surface area contributed by atoms with Gasteiger partial charge in [-0.25, -0.2) is 8.42 Å². The highest BCUT2D eigenvalue weighted by Crippen LogP contribution is 2.31. The Morgan fingerprint density at radius 2 is 1.76 bits per heavy atom. The van der Waals surface area contributed by atoms with Gasteiger partial charge in [0.1, 0.15) is 24.3 Å². The van der Waals surface area contributed by atoms with Gasteiger partial charge in [0.15, 0.2) is 11.2 Å². The van der Waals surface area contributed by atoms with Gasteiger partial charge in [0.25, 0.3) is 10.0 Å². The third kappa shape index (κ3) is 7.09. The van der Waals surface area contributed by atoms with Gasteiger partial charge < -0.3 is 34.7 Å². The smallest absolute Gasteiger partial charge is 0.251 e. The lowest BCUT2D eigenvalue weighted by Crippen LogP contribution is -2.63. The summed E-state index contributed by atoms with van der Waals surface area (Å²) in [6.45, 7) is 8.50. The van der Waals surface area contributed by atoms with E-state index >= 15 is 0 Å². The fourth-order valence-corrected chi connectivity index (χ4v) is 7.35. The average molecular weight is 640 g/mol. The number of nitrogens with one attached hydrogen (secondary N) is 2. The third-order valence-corrected chi connectivity index (χ3v) is 10.1. The molecule has 2 unspecified atom stereocenters. The van der Waals surface area contributed by atoms with Crippen LogP contribution in [0.4, 0.5) is 5.69 Å². The van der Waals surface area contributed by atoms with Crippen LogP contribution in [0.3, 0.4) is 0 Å². The molecule has 5 rings (SSSR count). The van der Waals surface area contributed by atoms with E-state index in [1.165, 1.54) is 6.92 Å². The zero-order valence-electron chi connectivity index (χ0n) is 25.7. The van der Waals surface area contributed by atoms with Crippen molar-refractivity contribution >= 4 is 32.1 Å². The third-order valence-electron chi connectivity index (χ3n) is 8.63. The van der Waals surface area contributed by atoms with Gasteiger partial charge in [0.2, 0.25) is 0 Å². The Balaban J connectivity index is 1.33. The highest BCUT2D eigenvalue weighted by Gasteiger charge is 2.45. The van der Waals surface area contributed by atoms with E-state index in [1.807, 2.05) is 22.8 Å². The van der Waals surface area contributed by atoms with Crippen LogP contribution in [0.1, 0.15) is 26.0 Å². The second-order valence-corrected chi connectivity index (χ2v) is 13.1. The van der Waals surface area contributed by atoms with Crippen LogP contribution in [0.25, 0.3) is 27.6 Å². The number of aliphatic hydroxyl groups excluding tert-OH is 3. The Morgan fingerprint density at radius 1 is 1.04 bits per heavy atom. The average Bonchev–Trinajstić information content (AvgIpc) is 3.42. The Hall–Kier alpha value is -3.32. The van der Waals surface area contributed by atoms with Crippen LogP contribution in [0.5, 0.6) is 0 Å². The van der Waals surface area contributed by atoms with Gasteiger partial charge >= 0.3 is 0 Å². The Morgan fingerprint density at radius 3 is 2.47 bits per heavy atom. The second-order valence-electron chi connectivity index (χ2n) is 11.5. The van der Waals surface area contributed by atoms with E-state index in [4.69, 9.17) is 9.47 Å². The Bertz CT molecular complexity index is 1690. The number of hydrogen-bond donors (Lipinski definition) is 5. The molecule has 0 spiro atoms. The van der Waals surface area contributed by atoms with Crippen LogP contribution in [-0.4, -0.2) is 103 Å². The number of rotatable bonds is 10. The molecule has 2 aliphatic rings. The van der Waals surface area contributed by atoms with Gasteiger partial charge in [0, 0.05) is 55.9 Å². The summed E-state index contributed by atoms with van der Waals surface area (Å²) in [5.41, 5.74) is 3.46. The number of ether oxygens (including phenoxy) is 2. The highest BCUT2D eigenvalue weighted by molar-refractivity contribution is 7.93. The van der Waals surface area contributed by atoms with E-state index in [9.17, 15) is 29.0 Å². The number of fused-ring (bicyclic) bond motifs is 1. The van der Waals surface area contributed by atoms with Crippen molar-refractivity contribution in [2.45, 2.75) is 50.9 Å². The van der Waals surface area contributed by atoms with Crippen LogP contribution < -0.4 is 10.0 Å². The summed E-state index contributed by atoms with van der Waals surface area (Å²) in [5, 5.41) is 46.7. The number of sulfonamides is 1. The molecule has 2 fully saturated rings. The zero-order valence-corrected chi connectivity index (χ0v) is 26.5. The lowest BCUT2D eigenvalue weighted by atomic mass is 9.96. The molecule has 2 aliphatic heterocycles. The number of aromatic nitrogens is 1. The maximum atomic E-state index is 13.3.